The Kier molecular flexibility index (Phi) is 5.92. The van der Waals surface area contributed by atoms with Gasteiger partial charge in [0, 0.05) is 48.9 Å². The molecule has 3 heterocycles. The van der Waals surface area contributed by atoms with Gasteiger partial charge in [0.25, 0.3) is 5.91 Å². The number of aromatic nitrogens is 2. The van der Waals surface area contributed by atoms with Crippen molar-refractivity contribution in [3.8, 4) is 0 Å². The Morgan fingerprint density at radius 3 is 2.78 bits per heavy atom. The third-order valence-corrected chi connectivity index (χ3v) is 6.81. The summed E-state index contributed by atoms with van der Waals surface area (Å²) in [6.07, 6.45) is 4.06. The van der Waals surface area contributed by atoms with Crippen molar-refractivity contribution in [1.82, 2.24) is 14.3 Å². The minimum atomic E-state index is 0.0860. The molecule has 4 aromatic rings. The van der Waals surface area contributed by atoms with Crippen molar-refractivity contribution in [2.24, 2.45) is 0 Å². The molecule has 1 aliphatic rings. The number of para-hydroxylation sites is 1. The first-order chi connectivity index (χ1) is 15.7. The molecule has 1 amide bonds. The number of nitrogens with one attached hydrogen (secondary N) is 1. The number of likely N-dealkylation sites (tertiary alicyclic amines) is 1. The molecule has 164 valence electrons. The highest BCUT2D eigenvalue weighted by Crippen LogP contribution is 2.34. The summed E-state index contributed by atoms with van der Waals surface area (Å²) in [5.74, 6) is 1.13. The van der Waals surface area contributed by atoms with Crippen LogP contribution >= 0.6 is 11.3 Å². The Balaban J connectivity index is 1.36. The average molecular weight is 447 g/mol. The number of nitrogens with zero attached hydrogens (tertiary/aromatic N) is 3. The van der Waals surface area contributed by atoms with E-state index in [2.05, 4.69) is 21.3 Å². The van der Waals surface area contributed by atoms with Crippen molar-refractivity contribution in [2.45, 2.75) is 25.4 Å². The van der Waals surface area contributed by atoms with Gasteiger partial charge in [-0.2, -0.15) is 0 Å². The number of rotatable bonds is 6. The lowest BCUT2D eigenvalue weighted by molar-refractivity contribution is 0.0706. The van der Waals surface area contributed by atoms with Crippen molar-refractivity contribution in [1.29, 1.82) is 0 Å². The van der Waals surface area contributed by atoms with E-state index in [0.29, 0.717) is 13.2 Å². The molecule has 0 bridgehead atoms. The van der Waals surface area contributed by atoms with Crippen LogP contribution in [0.3, 0.4) is 0 Å². The van der Waals surface area contributed by atoms with Crippen LogP contribution in [0.1, 0.15) is 40.4 Å². The lowest BCUT2D eigenvalue weighted by atomic mass is 9.94. The van der Waals surface area contributed by atoms with E-state index >= 15 is 0 Å². The van der Waals surface area contributed by atoms with Gasteiger partial charge in [0.1, 0.15) is 4.83 Å². The number of thiazole rings is 1. The molecule has 6 nitrogen and oxygen atoms in total. The number of methoxy groups -OCH3 is 1. The third kappa shape index (κ3) is 4.13. The molecule has 1 fully saturated rings. The summed E-state index contributed by atoms with van der Waals surface area (Å²) in [6, 6.07) is 17.8. The van der Waals surface area contributed by atoms with Crippen LogP contribution < -0.4 is 5.32 Å². The second-order valence-electron chi connectivity index (χ2n) is 8.11. The summed E-state index contributed by atoms with van der Waals surface area (Å²) >= 11 is 1.70. The number of imidazole rings is 1. The van der Waals surface area contributed by atoms with Crippen molar-refractivity contribution < 1.29 is 9.53 Å². The molecule has 1 atom stereocenters. The zero-order chi connectivity index (χ0) is 21.9. The van der Waals surface area contributed by atoms with Gasteiger partial charge in [-0.25, -0.2) is 4.98 Å². The van der Waals surface area contributed by atoms with Crippen molar-refractivity contribution in [2.75, 3.05) is 25.5 Å². The van der Waals surface area contributed by atoms with Crippen LogP contribution in [0.2, 0.25) is 0 Å². The van der Waals surface area contributed by atoms with Crippen LogP contribution in [-0.2, 0) is 11.3 Å². The SMILES string of the molecule is COCc1ccc(C(=O)N2CCC[C@@H](c3nc(Nc4ccccc4)n4ccsc34)C2)cc1. The van der Waals surface area contributed by atoms with Crippen LogP contribution in [0.4, 0.5) is 11.6 Å². The van der Waals surface area contributed by atoms with Crippen molar-refractivity contribution in [3.05, 3.63) is 83.0 Å². The topological polar surface area (TPSA) is 58.9 Å². The maximum absolute atomic E-state index is 13.2. The molecule has 2 aromatic carbocycles. The Labute approximate surface area is 191 Å². The number of piperidine rings is 1. The summed E-state index contributed by atoms with van der Waals surface area (Å²) < 4.78 is 7.28. The minimum Gasteiger partial charge on any atom is -0.380 e. The largest absolute Gasteiger partial charge is 0.380 e. The molecule has 2 aromatic heterocycles. The third-order valence-electron chi connectivity index (χ3n) is 5.92. The van der Waals surface area contributed by atoms with Crippen LogP contribution in [0, 0.1) is 0 Å². The van der Waals surface area contributed by atoms with Gasteiger partial charge in [-0.05, 0) is 42.7 Å². The lowest BCUT2D eigenvalue weighted by Crippen LogP contribution is -2.39. The van der Waals surface area contributed by atoms with Gasteiger partial charge in [0.05, 0.1) is 12.3 Å². The Morgan fingerprint density at radius 1 is 1.19 bits per heavy atom. The van der Waals surface area contributed by atoms with Gasteiger partial charge < -0.3 is 15.0 Å². The number of carbonyl (C=O) groups excluding carboxylic acids is 1. The fourth-order valence-corrected chi connectivity index (χ4v) is 5.23. The molecule has 1 saturated heterocycles. The zero-order valence-corrected chi connectivity index (χ0v) is 18.8. The molecule has 1 aliphatic heterocycles. The lowest BCUT2D eigenvalue weighted by Gasteiger charge is -2.32. The number of amides is 1. The van der Waals surface area contributed by atoms with Crippen LogP contribution in [0.25, 0.3) is 4.83 Å². The van der Waals surface area contributed by atoms with E-state index in [-0.39, 0.29) is 11.8 Å². The molecule has 0 spiro atoms. The molecule has 0 unspecified atom stereocenters. The molecular weight excluding hydrogens is 420 g/mol. The first kappa shape index (κ1) is 20.7. The molecule has 0 saturated carbocycles. The highest BCUT2D eigenvalue weighted by atomic mass is 32.1. The summed E-state index contributed by atoms with van der Waals surface area (Å²) in [4.78, 5) is 21.3. The van der Waals surface area contributed by atoms with Crippen molar-refractivity contribution in [3.63, 3.8) is 0 Å². The normalized spacial score (nSPS) is 16.4. The van der Waals surface area contributed by atoms with Gasteiger partial charge >= 0.3 is 0 Å². The molecule has 5 rings (SSSR count). The van der Waals surface area contributed by atoms with Gasteiger partial charge in [0.2, 0.25) is 5.95 Å². The standard InChI is InChI=1S/C25H26N4O2S/c1-31-17-18-9-11-19(12-10-18)23(30)28-13-5-6-20(16-28)22-24-29(14-15-32-24)25(27-22)26-21-7-3-2-4-8-21/h2-4,7-12,14-15,20H,5-6,13,16-17H2,1H3,(H,26,27)/t20-/m1/s1. The molecule has 0 aliphatic carbocycles. The van der Waals surface area contributed by atoms with E-state index in [4.69, 9.17) is 9.72 Å². The number of carbonyl (C=O) groups is 1. The number of hydrogen-bond acceptors (Lipinski definition) is 5. The molecular formula is C25H26N4O2S. The number of hydrogen-bond donors (Lipinski definition) is 1. The number of benzene rings is 2. The number of anilines is 2. The van der Waals surface area contributed by atoms with Crippen LogP contribution in [-0.4, -0.2) is 40.4 Å². The van der Waals surface area contributed by atoms with Crippen LogP contribution in [0.15, 0.2) is 66.2 Å². The van der Waals surface area contributed by atoms with Gasteiger partial charge in [-0.1, -0.05) is 30.3 Å². The van der Waals surface area contributed by atoms with Crippen molar-refractivity contribution >= 4 is 33.7 Å². The molecule has 0 radical (unpaired) electrons. The van der Waals surface area contributed by atoms with Gasteiger partial charge in [-0.3, -0.25) is 9.20 Å². The number of fused-ring (bicyclic) bond motifs is 1. The fourth-order valence-electron chi connectivity index (χ4n) is 4.33. The Bertz CT molecular complexity index is 1200. The predicted octanol–water partition coefficient (Wildman–Crippen LogP) is 5.31. The Morgan fingerprint density at radius 2 is 2.00 bits per heavy atom. The van der Waals surface area contributed by atoms with E-state index in [1.807, 2.05) is 59.5 Å². The highest BCUT2D eigenvalue weighted by molar-refractivity contribution is 7.15. The maximum atomic E-state index is 13.2. The summed E-state index contributed by atoms with van der Waals surface area (Å²) in [5, 5.41) is 5.52. The second-order valence-corrected chi connectivity index (χ2v) is 9.00. The molecule has 7 heteroatoms. The summed E-state index contributed by atoms with van der Waals surface area (Å²) in [5.41, 5.74) is 3.88. The van der Waals surface area contributed by atoms with Crippen LogP contribution in [0.5, 0.6) is 0 Å². The summed E-state index contributed by atoms with van der Waals surface area (Å²) in [7, 11) is 1.67. The first-order valence-electron chi connectivity index (χ1n) is 10.9. The molecule has 1 N–H and O–H groups in total. The fraction of sp³-hybridized carbons (Fsp3) is 0.280. The second kappa shape index (κ2) is 9.14. The highest BCUT2D eigenvalue weighted by Gasteiger charge is 2.29. The maximum Gasteiger partial charge on any atom is 0.253 e. The predicted molar refractivity (Wildman–Crippen MR) is 128 cm³/mol. The van der Waals surface area contributed by atoms with E-state index in [0.717, 1.165) is 52.7 Å². The molecule has 32 heavy (non-hydrogen) atoms. The van der Waals surface area contributed by atoms with Gasteiger partial charge in [-0.15, -0.1) is 11.3 Å². The smallest absolute Gasteiger partial charge is 0.253 e. The minimum absolute atomic E-state index is 0.0860. The van der Waals surface area contributed by atoms with E-state index in [1.165, 1.54) is 0 Å². The Hall–Kier alpha value is -3.16. The zero-order valence-electron chi connectivity index (χ0n) is 18.0. The van der Waals surface area contributed by atoms with Gasteiger partial charge in [0.15, 0.2) is 0 Å². The van der Waals surface area contributed by atoms with E-state index in [1.54, 1.807) is 18.4 Å². The first-order valence-corrected chi connectivity index (χ1v) is 11.8. The monoisotopic (exact) mass is 446 g/mol. The quantitative estimate of drug-likeness (QED) is 0.436. The summed E-state index contributed by atoms with van der Waals surface area (Å²) in [6.45, 7) is 2.02. The van der Waals surface area contributed by atoms with E-state index < -0.39 is 0 Å². The number of ether oxygens (including phenoxy) is 1. The average Bonchev–Trinajstić information content (AvgIpc) is 3.44. The van der Waals surface area contributed by atoms with E-state index in [9.17, 15) is 4.79 Å².